The van der Waals surface area contributed by atoms with Crippen LogP contribution in [0, 0.1) is 0 Å². The van der Waals surface area contributed by atoms with Crippen LogP contribution in [0.4, 0.5) is 11.4 Å². The van der Waals surface area contributed by atoms with Crippen molar-refractivity contribution >= 4 is 50.0 Å². The third-order valence-corrected chi connectivity index (χ3v) is 10.5. The molecule has 5 aromatic rings. The van der Waals surface area contributed by atoms with E-state index in [4.69, 9.17) is 0 Å². The van der Waals surface area contributed by atoms with Crippen molar-refractivity contribution in [2.24, 2.45) is 7.05 Å². The summed E-state index contributed by atoms with van der Waals surface area (Å²) in [6.45, 7) is 0.775. The highest BCUT2D eigenvalue weighted by atomic mass is 35.5. The van der Waals surface area contributed by atoms with Crippen molar-refractivity contribution in [1.29, 1.82) is 0 Å². The van der Waals surface area contributed by atoms with Crippen LogP contribution < -0.4 is 22.2 Å². The zero-order chi connectivity index (χ0) is 36.5. The highest BCUT2D eigenvalue weighted by Crippen LogP contribution is 2.36. The van der Waals surface area contributed by atoms with Gasteiger partial charge in [0, 0.05) is 92.2 Å². The topological polar surface area (TPSA) is 17.7 Å². The first-order chi connectivity index (χ1) is 25.1. The quantitative estimate of drug-likeness (QED) is 0.184. The van der Waals surface area contributed by atoms with Gasteiger partial charge in [0.15, 0.2) is 12.3 Å². The Kier molecular flexibility index (Phi) is 11.1. The predicted molar refractivity (Wildman–Crippen MR) is 225 cm³/mol. The van der Waals surface area contributed by atoms with Gasteiger partial charge >= 0.3 is 0 Å². The molecule has 7 rings (SSSR count). The molecule has 53 heavy (non-hydrogen) atoms. The van der Waals surface area contributed by atoms with Crippen LogP contribution in [-0.2, 0) is 7.05 Å². The second-order valence-electron chi connectivity index (χ2n) is 14.6. The first-order valence-corrected chi connectivity index (χ1v) is 18.1. The lowest BCUT2D eigenvalue weighted by Gasteiger charge is -2.21. The molecule has 0 N–H and O–H groups in total. The van der Waals surface area contributed by atoms with Gasteiger partial charge in [0.05, 0.1) is 0 Å². The molecule has 0 spiro atoms. The molecule has 0 fully saturated rings. The zero-order valence-corrected chi connectivity index (χ0v) is 32.9. The van der Waals surface area contributed by atoms with Crippen LogP contribution in [0.1, 0.15) is 16.7 Å². The standard InChI is InChI=1S/C47H50N5.ClH/c1-48(2)38-22-13-33(14-23-38)44(34-15-24-39(25-16-34)49(3)4)32-51(7)41-28-19-36(20-29-41)47(35-17-26-40(27-18-35)50(5)6)37-21-30-46-43(31-37)42-11-9-10-12-45(42)52(46)8;/h9-31,38H,32H2,1-8H3;1H/q+1;/p-1. The molecule has 5 nitrogen and oxygen atoms in total. The van der Waals surface area contributed by atoms with Gasteiger partial charge in [-0.1, -0.05) is 72.8 Å². The number of para-hydroxylation sites is 1. The van der Waals surface area contributed by atoms with Crippen molar-refractivity contribution in [3.05, 3.63) is 167 Å². The van der Waals surface area contributed by atoms with E-state index in [-0.39, 0.29) is 12.4 Å². The maximum atomic E-state index is 2.37. The van der Waals surface area contributed by atoms with Crippen molar-refractivity contribution in [2.75, 3.05) is 65.7 Å². The third kappa shape index (κ3) is 7.59. The summed E-state index contributed by atoms with van der Waals surface area (Å²) in [7, 11) is 16.9. The Morgan fingerprint density at radius 1 is 0.604 bits per heavy atom. The summed E-state index contributed by atoms with van der Waals surface area (Å²) >= 11 is 0. The summed E-state index contributed by atoms with van der Waals surface area (Å²) in [5.74, 6) is 0. The van der Waals surface area contributed by atoms with Gasteiger partial charge in [-0.25, -0.2) is 4.58 Å². The number of rotatable bonds is 8. The molecule has 1 heterocycles. The van der Waals surface area contributed by atoms with Crippen molar-refractivity contribution in [2.45, 2.75) is 6.04 Å². The Morgan fingerprint density at radius 2 is 1.15 bits per heavy atom. The minimum absolute atomic E-state index is 0. The highest BCUT2D eigenvalue weighted by molar-refractivity contribution is 6.10. The smallest absolute Gasteiger partial charge is 0.199 e. The predicted octanol–water partition coefficient (Wildman–Crippen LogP) is 5.99. The van der Waals surface area contributed by atoms with Crippen molar-refractivity contribution in [3.8, 4) is 0 Å². The largest absolute Gasteiger partial charge is 1.00 e. The second-order valence-corrected chi connectivity index (χ2v) is 14.6. The first-order valence-electron chi connectivity index (χ1n) is 18.1. The Bertz CT molecular complexity index is 2320. The van der Waals surface area contributed by atoms with Crippen LogP contribution in [0.3, 0.4) is 0 Å². The van der Waals surface area contributed by atoms with Crippen LogP contribution in [0.5, 0.6) is 0 Å². The molecule has 0 saturated carbocycles. The number of aromatic nitrogens is 1. The second kappa shape index (κ2) is 15.7. The molecular formula is C47H50ClN5. The maximum absolute atomic E-state index is 2.37. The number of halogens is 1. The fourth-order valence-electron chi connectivity index (χ4n) is 7.34. The zero-order valence-electron chi connectivity index (χ0n) is 32.2. The number of likely N-dealkylation sites (N-methyl/N-ethyl adjacent to an activating group) is 2. The number of hydrogen-bond donors (Lipinski definition) is 0. The molecule has 0 unspecified atom stereocenters. The molecule has 2 aliphatic rings. The van der Waals surface area contributed by atoms with Gasteiger partial charge in [0.1, 0.15) is 7.05 Å². The first kappa shape index (κ1) is 37.4. The molecule has 0 amide bonds. The summed E-state index contributed by atoms with van der Waals surface area (Å²) < 4.78 is 4.66. The number of fused-ring (bicyclic) bond motifs is 3. The van der Waals surface area contributed by atoms with E-state index in [0.29, 0.717) is 6.04 Å². The number of aryl methyl sites for hydroxylation is 1. The van der Waals surface area contributed by atoms with E-state index in [9.17, 15) is 0 Å². The molecule has 0 atom stereocenters. The van der Waals surface area contributed by atoms with Gasteiger partial charge in [0.25, 0.3) is 0 Å². The lowest BCUT2D eigenvalue weighted by atomic mass is 9.90. The van der Waals surface area contributed by atoms with E-state index in [1.165, 1.54) is 77.9 Å². The summed E-state index contributed by atoms with van der Waals surface area (Å²) in [6.07, 6.45) is 18.3. The van der Waals surface area contributed by atoms with Gasteiger partial charge in [-0.15, -0.1) is 0 Å². The fraction of sp³-hybridized carbons (Fsp3) is 0.213. The molecule has 2 aliphatic carbocycles. The number of hydrogen-bond acceptors (Lipinski definition) is 3. The van der Waals surface area contributed by atoms with E-state index in [1.807, 2.05) is 0 Å². The maximum Gasteiger partial charge on any atom is 0.199 e. The minimum Gasteiger partial charge on any atom is -1.00 e. The van der Waals surface area contributed by atoms with E-state index in [0.717, 1.165) is 6.54 Å². The average molecular weight is 720 g/mol. The Hall–Kier alpha value is -5.36. The monoisotopic (exact) mass is 719 g/mol. The molecule has 4 aromatic carbocycles. The van der Waals surface area contributed by atoms with Gasteiger partial charge in [-0.2, -0.15) is 0 Å². The molecule has 0 aliphatic heterocycles. The van der Waals surface area contributed by atoms with Gasteiger partial charge in [-0.3, -0.25) is 4.90 Å². The van der Waals surface area contributed by atoms with E-state index < -0.39 is 0 Å². The molecule has 1 aromatic heterocycles. The van der Waals surface area contributed by atoms with Crippen LogP contribution in [0.2, 0.25) is 0 Å². The van der Waals surface area contributed by atoms with Crippen LogP contribution in [-0.4, -0.2) is 81.7 Å². The van der Waals surface area contributed by atoms with Crippen molar-refractivity contribution in [1.82, 2.24) is 9.47 Å². The van der Waals surface area contributed by atoms with E-state index in [2.05, 4.69) is 220 Å². The molecule has 6 heteroatoms. The minimum atomic E-state index is 0. The number of benzene rings is 4. The van der Waals surface area contributed by atoms with Gasteiger partial charge in [-0.05, 0) is 102 Å². The SMILES string of the molecule is CN(C)c1ccc(C(C[N+](C)=C2C=CC(=C(c3ccc(N(C)C)cc3)c3ccc4c(c3)c3ccccc3n4C)C=C2)=C2C=CC(N(C)C)C=C2)cc1.[Cl-]. The fourth-order valence-corrected chi connectivity index (χ4v) is 7.34. The third-order valence-electron chi connectivity index (χ3n) is 10.5. The summed E-state index contributed by atoms with van der Waals surface area (Å²) in [4.78, 5) is 6.52. The number of anilines is 2. The number of nitrogens with zero attached hydrogens (tertiary/aromatic N) is 5. The molecule has 0 radical (unpaired) electrons. The Balaban J connectivity index is 0.00000481. The molecule has 0 saturated heterocycles. The Morgan fingerprint density at radius 3 is 1.74 bits per heavy atom. The van der Waals surface area contributed by atoms with Crippen LogP contribution in [0.25, 0.3) is 33.0 Å². The lowest BCUT2D eigenvalue weighted by Crippen LogP contribution is -3.00. The molecular weight excluding hydrogens is 670 g/mol. The summed E-state index contributed by atoms with van der Waals surface area (Å²) in [5, 5.41) is 2.55. The van der Waals surface area contributed by atoms with Gasteiger partial charge in [0.2, 0.25) is 0 Å². The summed E-state index contributed by atoms with van der Waals surface area (Å²) in [5.41, 5.74) is 14.7. The average Bonchev–Trinajstić information content (AvgIpc) is 3.45. The Labute approximate surface area is 321 Å². The van der Waals surface area contributed by atoms with E-state index in [1.54, 1.807) is 0 Å². The number of allylic oxidation sites excluding steroid dienone is 8. The van der Waals surface area contributed by atoms with Crippen molar-refractivity contribution < 1.29 is 17.0 Å². The molecule has 270 valence electrons. The normalized spacial score (nSPS) is 15.0. The van der Waals surface area contributed by atoms with Gasteiger partial charge < -0.3 is 26.8 Å². The highest BCUT2D eigenvalue weighted by Gasteiger charge is 2.20. The van der Waals surface area contributed by atoms with Crippen molar-refractivity contribution in [3.63, 3.8) is 0 Å². The van der Waals surface area contributed by atoms with Crippen LogP contribution in [0.15, 0.2) is 151 Å². The van der Waals surface area contributed by atoms with E-state index >= 15 is 0 Å². The molecule has 0 bridgehead atoms. The summed E-state index contributed by atoms with van der Waals surface area (Å²) in [6, 6.07) is 33.8. The lowest BCUT2D eigenvalue weighted by molar-refractivity contribution is -0.482. The van der Waals surface area contributed by atoms with Crippen LogP contribution >= 0.6 is 0 Å².